The minimum atomic E-state index is -4.64. The summed E-state index contributed by atoms with van der Waals surface area (Å²) in [5.74, 6) is -0.899. The number of phosphoric ester groups is 1. The van der Waals surface area contributed by atoms with Gasteiger partial charge < -0.3 is 27.9 Å². The molecule has 0 N–H and O–H groups in total. The lowest BCUT2D eigenvalue weighted by molar-refractivity contribution is -0.870. The number of carbonyl (C=O) groups is 2. The first-order valence-electron chi connectivity index (χ1n) is 25.4. The number of likely N-dealkylation sites (N-methyl/N-ethyl adjacent to an activating group) is 1. The van der Waals surface area contributed by atoms with Crippen molar-refractivity contribution in [3.63, 3.8) is 0 Å². The number of esters is 2. The Balaban J connectivity index is 4.32. The monoisotopic (exact) mass is 894 g/mol. The van der Waals surface area contributed by atoms with Crippen LogP contribution >= 0.6 is 7.82 Å². The van der Waals surface area contributed by atoms with Crippen molar-refractivity contribution in [2.45, 2.75) is 225 Å². The molecule has 0 saturated heterocycles. The van der Waals surface area contributed by atoms with Gasteiger partial charge in [0.05, 0.1) is 27.7 Å². The summed E-state index contributed by atoms with van der Waals surface area (Å²) in [6.45, 7) is 4.16. The van der Waals surface area contributed by atoms with Crippen LogP contribution in [0.3, 0.4) is 0 Å². The third kappa shape index (κ3) is 47.4. The van der Waals surface area contributed by atoms with Crippen LogP contribution in [0, 0.1) is 0 Å². The minimum Gasteiger partial charge on any atom is -0.756 e. The average Bonchev–Trinajstić information content (AvgIpc) is 3.23. The number of carbonyl (C=O) groups excluding carboxylic acids is 2. The maximum absolute atomic E-state index is 12.7. The second kappa shape index (κ2) is 44.2. The molecule has 1 unspecified atom stereocenters. The van der Waals surface area contributed by atoms with Crippen molar-refractivity contribution in [2.75, 3.05) is 47.5 Å². The molecule has 0 amide bonds. The smallest absolute Gasteiger partial charge is 0.306 e. The largest absolute Gasteiger partial charge is 0.756 e. The average molecular weight is 894 g/mol. The van der Waals surface area contributed by atoms with Gasteiger partial charge in [0.1, 0.15) is 19.8 Å². The van der Waals surface area contributed by atoms with Gasteiger partial charge in [0.15, 0.2) is 6.10 Å². The zero-order valence-corrected chi connectivity index (χ0v) is 41.7. The summed E-state index contributed by atoms with van der Waals surface area (Å²) in [7, 11) is 1.13. The third-order valence-electron chi connectivity index (χ3n) is 10.8. The third-order valence-corrected chi connectivity index (χ3v) is 11.8. The summed E-state index contributed by atoms with van der Waals surface area (Å²) < 4.78 is 33.9. The molecule has 0 rings (SSSR count). The Kier molecular flexibility index (Phi) is 42.7. The number of phosphoric acid groups is 1. The molecule has 0 saturated carbocycles. The zero-order chi connectivity index (χ0) is 45.7. The lowest BCUT2D eigenvalue weighted by atomic mass is 10.0. The van der Waals surface area contributed by atoms with Gasteiger partial charge in [0.25, 0.3) is 7.82 Å². The van der Waals surface area contributed by atoms with Gasteiger partial charge in [0, 0.05) is 12.8 Å². The molecule has 62 heavy (non-hydrogen) atoms. The van der Waals surface area contributed by atoms with Gasteiger partial charge in [-0.3, -0.25) is 14.2 Å². The molecular formula is C52H96NO8P. The molecule has 0 heterocycles. The highest BCUT2D eigenvalue weighted by atomic mass is 31.2. The van der Waals surface area contributed by atoms with E-state index in [9.17, 15) is 19.0 Å². The van der Waals surface area contributed by atoms with Crippen molar-refractivity contribution in [1.82, 2.24) is 0 Å². The summed E-state index contributed by atoms with van der Waals surface area (Å²) in [6.07, 6.45) is 53.0. The molecule has 0 aromatic heterocycles. The predicted molar refractivity (Wildman–Crippen MR) is 259 cm³/mol. The van der Waals surface area contributed by atoms with Crippen LogP contribution in [0.25, 0.3) is 0 Å². The van der Waals surface area contributed by atoms with Crippen LogP contribution in [-0.2, 0) is 32.7 Å². The Morgan fingerprint density at radius 2 is 0.903 bits per heavy atom. The minimum absolute atomic E-state index is 0.0413. The van der Waals surface area contributed by atoms with Crippen LogP contribution in [0.2, 0.25) is 0 Å². The first-order chi connectivity index (χ1) is 30.0. The van der Waals surface area contributed by atoms with Crippen molar-refractivity contribution in [3.05, 3.63) is 48.6 Å². The van der Waals surface area contributed by atoms with Crippen LogP contribution in [0.15, 0.2) is 48.6 Å². The lowest BCUT2D eigenvalue weighted by Crippen LogP contribution is -2.37. The van der Waals surface area contributed by atoms with Gasteiger partial charge in [-0.05, 0) is 70.6 Å². The summed E-state index contributed by atoms with van der Waals surface area (Å²) in [6, 6.07) is 0. The van der Waals surface area contributed by atoms with E-state index in [1.54, 1.807) is 0 Å². The fourth-order valence-corrected chi connectivity index (χ4v) is 7.57. The number of rotatable bonds is 46. The van der Waals surface area contributed by atoms with E-state index in [1.165, 1.54) is 116 Å². The van der Waals surface area contributed by atoms with E-state index in [4.69, 9.17) is 18.5 Å². The van der Waals surface area contributed by atoms with Crippen LogP contribution in [0.5, 0.6) is 0 Å². The Bertz CT molecular complexity index is 1190. The highest BCUT2D eigenvalue weighted by Crippen LogP contribution is 2.38. The van der Waals surface area contributed by atoms with Crippen LogP contribution in [-0.4, -0.2) is 70.0 Å². The molecule has 0 fully saturated rings. The second-order valence-electron chi connectivity index (χ2n) is 18.2. The fourth-order valence-electron chi connectivity index (χ4n) is 6.84. The summed E-state index contributed by atoms with van der Waals surface area (Å²) in [5, 5.41) is 0. The first kappa shape index (κ1) is 60.0. The molecule has 0 bridgehead atoms. The molecule has 0 aliphatic carbocycles. The van der Waals surface area contributed by atoms with E-state index >= 15 is 0 Å². The van der Waals surface area contributed by atoms with Gasteiger partial charge >= 0.3 is 11.9 Å². The molecule has 0 aliphatic heterocycles. The molecule has 9 nitrogen and oxygen atoms in total. The predicted octanol–water partition coefficient (Wildman–Crippen LogP) is 14.4. The molecule has 0 radical (unpaired) electrons. The van der Waals surface area contributed by atoms with E-state index in [2.05, 4.69) is 62.5 Å². The van der Waals surface area contributed by atoms with Gasteiger partial charge in [0.2, 0.25) is 0 Å². The van der Waals surface area contributed by atoms with Gasteiger partial charge in [-0.2, -0.15) is 0 Å². The highest BCUT2D eigenvalue weighted by Gasteiger charge is 2.21. The standard InChI is InChI=1S/C52H96NO8P/c1-6-8-10-12-14-16-18-20-22-23-24-25-26-27-28-29-31-33-35-37-39-41-43-45-52(55)61-50(49-60-62(56,57)59-47-46-53(3,4)5)48-58-51(54)44-42-40-38-36-34-32-30-21-19-17-15-13-11-9-7-2/h17,19,21,29-31,37,39,50H,6-16,18,20,22-28,32-36,38,40-49H2,1-5H3/b19-17+,30-21+,31-29+,39-37+/t50-/m1/s1. The topological polar surface area (TPSA) is 111 Å². The molecule has 0 aromatic rings. The zero-order valence-electron chi connectivity index (χ0n) is 40.8. The highest BCUT2D eigenvalue weighted by molar-refractivity contribution is 7.45. The van der Waals surface area contributed by atoms with Crippen molar-refractivity contribution in [2.24, 2.45) is 0 Å². The van der Waals surface area contributed by atoms with Gasteiger partial charge in [-0.15, -0.1) is 0 Å². The van der Waals surface area contributed by atoms with E-state index in [0.717, 1.165) is 64.2 Å². The number of quaternary nitrogens is 1. The maximum atomic E-state index is 12.7. The molecule has 0 aromatic carbocycles. The number of ether oxygens (including phenoxy) is 2. The quantitative estimate of drug-likeness (QED) is 0.0148. The summed E-state index contributed by atoms with van der Waals surface area (Å²) in [5.41, 5.74) is 0. The fraction of sp³-hybridized carbons (Fsp3) is 0.808. The van der Waals surface area contributed by atoms with Crippen molar-refractivity contribution >= 4 is 19.8 Å². The Hall–Kier alpha value is -2.03. The molecule has 0 spiro atoms. The lowest BCUT2D eigenvalue weighted by Gasteiger charge is -2.28. The second-order valence-corrected chi connectivity index (χ2v) is 19.6. The molecule has 0 aliphatic rings. The summed E-state index contributed by atoms with van der Waals surface area (Å²) in [4.78, 5) is 37.6. The summed E-state index contributed by atoms with van der Waals surface area (Å²) >= 11 is 0. The molecular weight excluding hydrogens is 798 g/mol. The number of allylic oxidation sites excluding steroid dienone is 8. The normalized spacial score (nSPS) is 13.8. The number of unbranched alkanes of at least 4 members (excludes halogenated alkanes) is 25. The van der Waals surface area contributed by atoms with Gasteiger partial charge in [-0.25, -0.2) is 0 Å². The number of hydrogen-bond acceptors (Lipinski definition) is 8. The first-order valence-corrected chi connectivity index (χ1v) is 26.8. The SMILES string of the molecule is CCCCCC/C=C/C=C/CCCCCCCC(=O)OC[C@H](COP(=O)([O-])OCC[N+](C)(C)C)OC(=O)CCC/C=C/CC/C=C/CCCCCCCCCCCCCCCC. The Morgan fingerprint density at radius 1 is 0.500 bits per heavy atom. The van der Waals surface area contributed by atoms with Crippen LogP contribution < -0.4 is 4.89 Å². The van der Waals surface area contributed by atoms with Crippen molar-refractivity contribution in [1.29, 1.82) is 0 Å². The van der Waals surface area contributed by atoms with E-state index in [-0.39, 0.29) is 26.1 Å². The Labute approximate surface area is 382 Å². The Morgan fingerprint density at radius 3 is 1.40 bits per heavy atom. The van der Waals surface area contributed by atoms with Crippen LogP contribution in [0.4, 0.5) is 0 Å². The van der Waals surface area contributed by atoms with Crippen molar-refractivity contribution in [3.8, 4) is 0 Å². The van der Waals surface area contributed by atoms with E-state index in [0.29, 0.717) is 23.9 Å². The maximum Gasteiger partial charge on any atom is 0.306 e. The number of hydrogen-bond donors (Lipinski definition) is 0. The molecule has 10 heteroatoms. The van der Waals surface area contributed by atoms with Crippen LogP contribution in [0.1, 0.15) is 219 Å². The number of nitrogens with zero attached hydrogens (tertiary/aromatic N) is 1. The molecule has 2 atom stereocenters. The van der Waals surface area contributed by atoms with E-state index in [1.807, 2.05) is 21.1 Å². The molecule has 362 valence electrons. The van der Waals surface area contributed by atoms with Gasteiger partial charge in [-0.1, -0.05) is 184 Å². The van der Waals surface area contributed by atoms with E-state index < -0.39 is 32.5 Å². The van der Waals surface area contributed by atoms with Crippen molar-refractivity contribution < 1.29 is 42.1 Å².